The van der Waals surface area contributed by atoms with Gasteiger partial charge in [-0.2, -0.15) is 0 Å². The third-order valence-electron chi connectivity index (χ3n) is 3.23. The van der Waals surface area contributed by atoms with Crippen LogP contribution >= 0.6 is 0 Å². The van der Waals surface area contributed by atoms with E-state index in [0.717, 1.165) is 12.0 Å². The van der Waals surface area contributed by atoms with Gasteiger partial charge in [-0.05, 0) is 29.7 Å². The van der Waals surface area contributed by atoms with Gasteiger partial charge >= 0.3 is 0 Å². The molecule has 120 valence electrons. The van der Waals surface area contributed by atoms with Crippen molar-refractivity contribution < 1.29 is 0 Å². The predicted molar refractivity (Wildman–Crippen MR) is 107 cm³/mol. The van der Waals surface area contributed by atoms with E-state index < -0.39 is 0 Å². The first-order chi connectivity index (χ1) is 11.8. The van der Waals surface area contributed by atoms with Crippen LogP contribution in [0.2, 0.25) is 0 Å². The van der Waals surface area contributed by atoms with E-state index in [2.05, 4.69) is 43.7 Å². The molecule has 0 aliphatic heterocycles. The topological polar surface area (TPSA) is 0 Å². The molecule has 3 aromatic carbocycles. The number of rotatable bonds is 2. The highest BCUT2D eigenvalue weighted by Crippen LogP contribution is 1.98. The average molecular weight is 312 g/mol. The van der Waals surface area contributed by atoms with Gasteiger partial charge in [0.15, 0.2) is 0 Å². The number of aryl methyl sites for hydroxylation is 1. The maximum absolute atomic E-state index is 5.10. The lowest BCUT2D eigenvalue weighted by Gasteiger charge is -1.89. The molecule has 0 N–H and O–H groups in total. The first-order valence-electron chi connectivity index (χ1n) is 8.03. The minimum Gasteiger partial charge on any atom is -0.115 e. The van der Waals surface area contributed by atoms with Crippen LogP contribution in [0.4, 0.5) is 0 Å². The molecule has 3 aromatic rings. The predicted octanol–water partition coefficient (Wildman–Crippen LogP) is 6.25. The second-order valence-electron chi connectivity index (χ2n) is 4.96. The van der Waals surface area contributed by atoms with Gasteiger partial charge in [0.2, 0.25) is 0 Å². The lowest BCUT2D eigenvalue weighted by atomic mass is 10.2. The van der Waals surface area contributed by atoms with Gasteiger partial charge in [-0.15, -0.1) is 6.42 Å². The second kappa shape index (κ2) is 12.5. The molecule has 0 aromatic heterocycles. The molecule has 0 atom stereocenters. The van der Waals surface area contributed by atoms with Gasteiger partial charge < -0.3 is 0 Å². The minimum absolute atomic E-state index is 0.938. The maximum atomic E-state index is 5.10. The van der Waals surface area contributed by atoms with E-state index in [1.165, 1.54) is 11.1 Å². The molecule has 0 spiro atoms. The van der Waals surface area contributed by atoms with Crippen molar-refractivity contribution in [2.24, 2.45) is 0 Å². The van der Waals surface area contributed by atoms with Crippen molar-refractivity contribution in [1.82, 2.24) is 0 Å². The molecule has 0 unspecified atom stereocenters. The standard InChI is InChI=1S/C8H10.C8H8.C8H6/c3*1-2-8-6-4-3-5-7-8/h3-7H,2H2,1H3;2-7H,1H2;1,3-7H. The molecule has 0 bridgehead atoms. The molecule has 0 nitrogen and oxygen atoms in total. The third kappa shape index (κ3) is 8.41. The first kappa shape index (κ1) is 19.0. The van der Waals surface area contributed by atoms with E-state index in [4.69, 9.17) is 6.42 Å². The van der Waals surface area contributed by atoms with Gasteiger partial charge in [-0.1, -0.05) is 104 Å². The molecule has 3 rings (SSSR count). The fraction of sp³-hybridized carbons (Fsp3) is 0.0833. The molecule has 24 heavy (non-hydrogen) atoms. The van der Waals surface area contributed by atoms with Crippen molar-refractivity contribution in [3.05, 3.63) is 114 Å². The van der Waals surface area contributed by atoms with Crippen LogP contribution in [-0.4, -0.2) is 0 Å². The van der Waals surface area contributed by atoms with Gasteiger partial charge in [-0.3, -0.25) is 0 Å². The molecule has 0 radical (unpaired) electrons. The molecule has 0 saturated heterocycles. The van der Waals surface area contributed by atoms with Crippen LogP contribution in [0.25, 0.3) is 6.08 Å². The van der Waals surface area contributed by atoms with Crippen molar-refractivity contribution in [1.29, 1.82) is 0 Å². The van der Waals surface area contributed by atoms with E-state index in [9.17, 15) is 0 Å². The summed E-state index contributed by atoms with van der Waals surface area (Å²) in [6, 6.07) is 30.1. The van der Waals surface area contributed by atoms with Crippen LogP contribution < -0.4 is 0 Å². The summed E-state index contributed by atoms with van der Waals surface area (Å²) < 4.78 is 0. The fourth-order valence-corrected chi connectivity index (χ4v) is 1.84. The van der Waals surface area contributed by atoms with E-state index in [-0.39, 0.29) is 0 Å². The quantitative estimate of drug-likeness (QED) is 0.491. The van der Waals surface area contributed by atoms with Crippen LogP contribution in [0, 0.1) is 12.3 Å². The molecule has 0 aliphatic rings. The Hall–Kier alpha value is -3.04. The zero-order valence-electron chi connectivity index (χ0n) is 14.2. The Morgan fingerprint density at radius 1 is 0.792 bits per heavy atom. The molecular formula is C24H24. The van der Waals surface area contributed by atoms with Crippen molar-refractivity contribution in [3.8, 4) is 12.3 Å². The van der Waals surface area contributed by atoms with Gasteiger partial charge in [0.25, 0.3) is 0 Å². The van der Waals surface area contributed by atoms with E-state index in [1.807, 2.05) is 72.8 Å². The zero-order valence-corrected chi connectivity index (χ0v) is 14.2. The Morgan fingerprint density at radius 3 is 1.54 bits per heavy atom. The maximum Gasteiger partial charge on any atom is 0.0242 e. The molecule has 0 fully saturated rings. The molecule has 0 heteroatoms. The summed E-state index contributed by atoms with van der Waals surface area (Å²) in [5.74, 6) is 2.53. The number of hydrogen-bond donors (Lipinski definition) is 0. The van der Waals surface area contributed by atoms with Crippen molar-refractivity contribution in [2.45, 2.75) is 13.3 Å². The van der Waals surface area contributed by atoms with Crippen LogP contribution in [-0.2, 0) is 6.42 Å². The summed E-state index contributed by atoms with van der Waals surface area (Å²) in [6.07, 6.45) is 8.07. The van der Waals surface area contributed by atoms with Crippen LogP contribution in [0.3, 0.4) is 0 Å². The highest BCUT2D eigenvalue weighted by Gasteiger charge is 1.80. The largest absolute Gasteiger partial charge is 0.115 e. The van der Waals surface area contributed by atoms with Crippen LogP contribution in [0.5, 0.6) is 0 Å². The lowest BCUT2D eigenvalue weighted by molar-refractivity contribution is 1.14. The van der Waals surface area contributed by atoms with E-state index in [0.29, 0.717) is 0 Å². The van der Waals surface area contributed by atoms with E-state index in [1.54, 1.807) is 0 Å². The lowest BCUT2D eigenvalue weighted by Crippen LogP contribution is -1.73. The Kier molecular flexibility index (Phi) is 9.90. The summed E-state index contributed by atoms with van der Waals surface area (Å²) in [7, 11) is 0. The molecule has 0 heterocycles. The monoisotopic (exact) mass is 312 g/mol. The average Bonchev–Trinajstić information content (AvgIpc) is 2.71. The van der Waals surface area contributed by atoms with Crippen molar-refractivity contribution >= 4 is 6.08 Å². The molecular weight excluding hydrogens is 288 g/mol. The molecule has 0 saturated carbocycles. The normalized spacial score (nSPS) is 8.50. The van der Waals surface area contributed by atoms with Gasteiger partial charge in [0, 0.05) is 5.56 Å². The van der Waals surface area contributed by atoms with Crippen molar-refractivity contribution in [2.75, 3.05) is 0 Å². The van der Waals surface area contributed by atoms with Crippen LogP contribution in [0.15, 0.2) is 97.6 Å². The van der Waals surface area contributed by atoms with Gasteiger partial charge in [0.05, 0.1) is 0 Å². The second-order valence-corrected chi connectivity index (χ2v) is 4.96. The smallest absolute Gasteiger partial charge is 0.0242 e. The summed E-state index contributed by atoms with van der Waals surface area (Å²) in [4.78, 5) is 0. The third-order valence-corrected chi connectivity index (χ3v) is 3.23. The minimum atomic E-state index is 0.938. The molecule has 0 amide bonds. The summed E-state index contributed by atoms with van der Waals surface area (Å²) in [5.41, 5.74) is 3.52. The highest BCUT2D eigenvalue weighted by atomic mass is 13.9. The SMILES string of the molecule is C#Cc1ccccc1.C=Cc1ccccc1.CCc1ccccc1. The van der Waals surface area contributed by atoms with E-state index >= 15 is 0 Å². The Labute approximate surface area is 146 Å². The van der Waals surface area contributed by atoms with Gasteiger partial charge in [0.1, 0.15) is 0 Å². The number of terminal acetylenes is 1. The Bertz CT molecular complexity index is 704. The summed E-state index contributed by atoms with van der Waals surface area (Å²) in [6.45, 7) is 5.79. The number of hydrogen-bond acceptors (Lipinski definition) is 0. The van der Waals surface area contributed by atoms with Gasteiger partial charge in [-0.25, -0.2) is 0 Å². The Morgan fingerprint density at radius 2 is 1.25 bits per heavy atom. The Balaban J connectivity index is 0.000000180. The zero-order chi connectivity index (χ0) is 17.5. The van der Waals surface area contributed by atoms with Crippen LogP contribution in [0.1, 0.15) is 23.6 Å². The number of benzene rings is 3. The summed E-state index contributed by atoms with van der Waals surface area (Å²) >= 11 is 0. The summed E-state index contributed by atoms with van der Waals surface area (Å²) in [5, 5.41) is 0. The first-order valence-corrected chi connectivity index (χ1v) is 8.03. The molecule has 0 aliphatic carbocycles. The van der Waals surface area contributed by atoms with Crippen molar-refractivity contribution in [3.63, 3.8) is 0 Å². The fourth-order valence-electron chi connectivity index (χ4n) is 1.84. The highest BCUT2D eigenvalue weighted by molar-refractivity contribution is 5.45.